The molecule has 0 radical (unpaired) electrons. The maximum atomic E-state index is 12.8. The van der Waals surface area contributed by atoms with Gasteiger partial charge in [-0.2, -0.15) is 0 Å². The van der Waals surface area contributed by atoms with Gasteiger partial charge in [0.25, 0.3) is 0 Å². The maximum absolute atomic E-state index is 12.8. The zero-order valence-electron chi connectivity index (χ0n) is 12.4. The summed E-state index contributed by atoms with van der Waals surface area (Å²) in [5, 5.41) is 1.42. The van der Waals surface area contributed by atoms with E-state index in [1.807, 2.05) is 72.8 Å². The van der Waals surface area contributed by atoms with Crippen LogP contribution < -0.4 is 10.2 Å². The summed E-state index contributed by atoms with van der Waals surface area (Å²) < 4.78 is 7.90. The van der Waals surface area contributed by atoms with Crippen molar-refractivity contribution in [2.24, 2.45) is 0 Å². The lowest BCUT2D eigenvalue weighted by molar-refractivity contribution is 0.310. The van der Waals surface area contributed by atoms with Crippen molar-refractivity contribution < 1.29 is 4.74 Å². The van der Waals surface area contributed by atoms with Crippen molar-refractivity contribution in [3.63, 3.8) is 0 Å². The first-order valence-corrected chi connectivity index (χ1v) is 8.26. The molecule has 0 aliphatic carbocycles. The van der Waals surface area contributed by atoms with Gasteiger partial charge in [-0.3, -0.25) is 4.79 Å². The van der Waals surface area contributed by atoms with Gasteiger partial charge < -0.3 is 4.74 Å². The third kappa shape index (κ3) is 2.60. The van der Waals surface area contributed by atoms with E-state index in [0.29, 0.717) is 17.7 Å². The molecule has 0 N–H and O–H groups in total. The van der Waals surface area contributed by atoms with Crippen LogP contribution >= 0.6 is 11.3 Å². The molecule has 2 nitrogen and oxygen atoms in total. The van der Waals surface area contributed by atoms with Gasteiger partial charge in [0.05, 0.1) is 5.39 Å². The van der Waals surface area contributed by atoms with E-state index >= 15 is 0 Å². The van der Waals surface area contributed by atoms with Crippen LogP contribution in [0.4, 0.5) is 0 Å². The first kappa shape index (κ1) is 14.0. The highest BCUT2D eigenvalue weighted by molar-refractivity contribution is 7.24. The van der Waals surface area contributed by atoms with Gasteiger partial charge in [-0.05, 0) is 29.8 Å². The van der Waals surface area contributed by atoms with Gasteiger partial charge in [0.2, 0.25) is 0 Å². The Hall–Kier alpha value is -2.65. The number of fused-ring (bicyclic) bond motifs is 2. The van der Waals surface area contributed by atoms with E-state index < -0.39 is 0 Å². The minimum absolute atomic E-state index is 0.0398. The van der Waals surface area contributed by atoms with Gasteiger partial charge in [0.15, 0.2) is 5.43 Å². The van der Waals surface area contributed by atoms with Crippen molar-refractivity contribution in [1.29, 1.82) is 0 Å². The van der Waals surface area contributed by atoms with E-state index in [0.717, 1.165) is 20.3 Å². The van der Waals surface area contributed by atoms with Gasteiger partial charge in [-0.25, -0.2) is 0 Å². The van der Waals surface area contributed by atoms with Gasteiger partial charge in [0, 0.05) is 14.8 Å². The predicted octanol–water partition coefficient (Wildman–Crippen LogP) is 4.99. The normalized spacial score (nSPS) is 11.0. The van der Waals surface area contributed by atoms with Crippen LogP contribution in [0.25, 0.3) is 20.2 Å². The summed E-state index contributed by atoms with van der Waals surface area (Å²) >= 11 is 1.62. The van der Waals surface area contributed by atoms with Gasteiger partial charge in [-0.15, -0.1) is 11.3 Å². The van der Waals surface area contributed by atoms with Gasteiger partial charge in [-0.1, -0.05) is 48.5 Å². The number of benzene rings is 3. The minimum Gasteiger partial charge on any atom is -0.488 e. The average Bonchev–Trinajstić information content (AvgIpc) is 2.61. The summed E-state index contributed by atoms with van der Waals surface area (Å²) in [6, 6.07) is 23.5. The van der Waals surface area contributed by atoms with Crippen LogP contribution in [-0.2, 0) is 6.61 Å². The monoisotopic (exact) mass is 318 g/mol. The molecule has 3 aromatic carbocycles. The van der Waals surface area contributed by atoms with Crippen LogP contribution in [0.1, 0.15) is 5.56 Å². The molecule has 0 saturated carbocycles. The molecule has 3 heteroatoms. The molecule has 0 fully saturated rings. The summed E-state index contributed by atoms with van der Waals surface area (Å²) in [6.07, 6.45) is 0. The van der Waals surface area contributed by atoms with Crippen molar-refractivity contribution >= 4 is 31.5 Å². The van der Waals surface area contributed by atoms with Crippen LogP contribution in [0.3, 0.4) is 0 Å². The van der Waals surface area contributed by atoms with Crippen molar-refractivity contribution in [1.82, 2.24) is 0 Å². The molecule has 0 aliphatic rings. The molecule has 0 aliphatic heterocycles. The number of hydrogen-bond donors (Lipinski definition) is 0. The smallest absolute Gasteiger partial charge is 0.199 e. The molecule has 0 amide bonds. The molecule has 0 unspecified atom stereocenters. The standard InChI is InChI=1S/C20H14O2S/c21-20-15-9-4-5-11-17(15)23-18-12-6-10-16(19(18)20)22-13-14-7-2-1-3-8-14/h1-12H,13H2. The molecule has 112 valence electrons. The SMILES string of the molecule is O=c1c2ccccc2sc2cccc(OCc3ccccc3)c12. The van der Waals surface area contributed by atoms with Crippen LogP contribution in [0.2, 0.25) is 0 Å². The zero-order chi connectivity index (χ0) is 15.6. The molecular weight excluding hydrogens is 304 g/mol. The summed E-state index contributed by atoms with van der Waals surface area (Å²) in [5.41, 5.74) is 1.12. The fourth-order valence-corrected chi connectivity index (χ4v) is 3.77. The molecule has 4 rings (SSSR count). The minimum atomic E-state index is 0.0398. The first-order chi connectivity index (χ1) is 11.3. The maximum Gasteiger partial charge on any atom is 0.199 e. The van der Waals surface area contributed by atoms with Gasteiger partial charge >= 0.3 is 0 Å². The Labute approximate surface area is 137 Å². The summed E-state index contributed by atoms with van der Waals surface area (Å²) in [6.45, 7) is 0.455. The highest BCUT2D eigenvalue weighted by Crippen LogP contribution is 2.30. The summed E-state index contributed by atoms with van der Waals surface area (Å²) in [4.78, 5) is 12.8. The number of rotatable bonds is 3. The first-order valence-electron chi connectivity index (χ1n) is 7.44. The third-order valence-electron chi connectivity index (χ3n) is 3.80. The van der Waals surface area contributed by atoms with E-state index in [2.05, 4.69) is 0 Å². The van der Waals surface area contributed by atoms with Crippen molar-refractivity contribution in [3.05, 3.63) is 88.6 Å². The number of ether oxygens (including phenoxy) is 1. The second-order valence-corrected chi connectivity index (χ2v) is 6.41. The highest BCUT2D eigenvalue weighted by atomic mass is 32.1. The Balaban J connectivity index is 1.84. The molecule has 23 heavy (non-hydrogen) atoms. The lowest BCUT2D eigenvalue weighted by Crippen LogP contribution is -2.04. The van der Waals surface area contributed by atoms with E-state index in [9.17, 15) is 4.79 Å². The van der Waals surface area contributed by atoms with E-state index in [4.69, 9.17) is 4.74 Å². The van der Waals surface area contributed by atoms with Crippen LogP contribution in [0.15, 0.2) is 77.6 Å². The van der Waals surface area contributed by atoms with Crippen molar-refractivity contribution in [3.8, 4) is 5.75 Å². The van der Waals surface area contributed by atoms with E-state index in [1.165, 1.54) is 0 Å². The highest BCUT2D eigenvalue weighted by Gasteiger charge is 2.10. The van der Waals surface area contributed by atoms with E-state index in [-0.39, 0.29) is 5.43 Å². The van der Waals surface area contributed by atoms with Crippen LogP contribution in [0.5, 0.6) is 5.75 Å². The third-order valence-corrected chi connectivity index (χ3v) is 4.94. The molecule has 4 aromatic rings. The Morgan fingerprint density at radius 2 is 1.52 bits per heavy atom. The summed E-state index contributed by atoms with van der Waals surface area (Å²) in [7, 11) is 0. The Kier molecular flexibility index (Phi) is 3.56. The molecule has 0 bridgehead atoms. The Morgan fingerprint density at radius 3 is 2.39 bits per heavy atom. The predicted molar refractivity (Wildman–Crippen MR) is 96.4 cm³/mol. The Bertz CT molecular complexity index is 1040. The second-order valence-electron chi connectivity index (χ2n) is 5.33. The topological polar surface area (TPSA) is 26.3 Å². The van der Waals surface area contributed by atoms with E-state index in [1.54, 1.807) is 11.3 Å². The molecule has 1 heterocycles. The van der Waals surface area contributed by atoms with Gasteiger partial charge in [0.1, 0.15) is 12.4 Å². The molecule has 0 saturated heterocycles. The Morgan fingerprint density at radius 1 is 0.783 bits per heavy atom. The fraction of sp³-hybridized carbons (Fsp3) is 0.0500. The molecule has 0 atom stereocenters. The van der Waals surface area contributed by atoms with Crippen LogP contribution in [0, 0.1) is 0 Å². The quantitative estimate of drug-likeness (QED) is 0.497. The number of hydrogen-bond acceptors (Lipinski definition) is 3. The van der Waals surface area contributed by atoms with Crippen molar-refractivity contribution in [2.45, 2.75) is 6.61 Å². The molecule has 1 aromatic heterocycles. The largest absolute Gasteiger partial charge is 0.488 e. The zero-order valence-corrected chi connectivity index (χ0v) is 13.2. The fourth-order valence-electron chi connectivity index (χ4n) is 2.67. The second kappa shape index (κ2) is 5.86. The summed E-state index contributed by atoms with van der Waals surface area (Å²) in [5.74, 6) is 0.651. The van der Waals surface area contributed by atoms with Crippen molar-refractivity contribution in [2.75, 3.05) is 0 Å². The molecular formula is C20H14O2S. The lowest BCUT2D eigenvalue weighted by atomic mass is 10.1. The molecule has 0 spiro atoms. The lowest BCUT2D eigenvalue weighted by Gasteiger charge is -2.09. The van der Waals surface area contributed by atoms with Crippen LogP contribution in [-0.4, -0.2) is 0 Å². The average molecular weight is 318 g/mol.